The normalized spacial score (nSPS) is 11.3. The Morgan fingerprint density at radius 2 is 0.581 bits per heavy atom. The second-order valence-corrected chi connectivity index (χ2v) is 37.6. The van der Waals surface area contributed by atoms with Gasteiger partial charge in [-0.3, -0.25) is 9.44 Å². The van der Waals surface area contributed by atoms with E-state index >= 15 is 0 Å². The van der Waals surface area contributed by atoms with Gasteiger partial charge >= 0.3 is 23.9 Å². The fourth-order valence-electron chi connectivity index (χ4n) is 13.2. The van der Waals surface area contributed by atoms with Crippen LogP contribution < -0.4 is 57.9 Å². The van der Waals surface area contributed by atoms with Crippen LogP contribution in [0.25, 0.3) is 0 Å². The molecule has 129 heavy (non-hydrogen) atoms. The second-order valence-electron chi connectivity index (χ2n) is 30.9. The van der Waals surface area contributed by atoms with Gasteiger partial charge < -0.3 is 63.9 Å². The zero-order valence-electron chi connectivity index (χ0n) is 75.9. The first-order valence-corrected chi connectivity index (χ1v) is 50.3. The van der Waals surface area contributed by atoms with Crippen LogP contribution in [-0.2, 0) is 40.1 Å². The van der Waals surface area contributed by atoms with Gasteiger partial charge in [0.1, 0.15) is 37.7 Å². The van der Waals surface area contributed by atoms with Crippen LogP contribution in [0.1, 0.15) is 206 Å². The first-order valence-electron chi connectivity index (χ1n) is 43.9. The number of anilines is 6. The lowest BCUT2D eigenvalue weighted by atomic mass is 10.1. The number of hydrogen-bond acceptors (Lipinski definition) is 21. The molecule has 9 rings (SSSR count). The molecular weight excluding hydrogens is 1730 g/mol. The maximum atomic E-state index is 13.6. The van der Waals surface area contributed by atoms with E-state index in [-0.39, 0.29) is 72.2 Å². The highest BCUT2D eigenvalue weighted by molar-refractivity contribution is 7.93. The van der Waals surface area contributed by atoms with Crippen LogP contribution in [0.5, 0.6) is 46.0 Å². The number of carboxylic acids is 4. The molecule has 0 saturated heterocycles. The van der Waals surface area contributed by atoms with Crippen LogP contribution in [-0.4, -0.2) is 169 Å². The van der Waals surface area contributed by atoms with Crippen molar-refractivity contribution < 1.29 is 92.2 Å². The summed E-state index contributed by atoms with van der Waals surface area (Å²) in [5.41, 5.74) is 1.94. The van der Waals surface area contributed by atoms with E-state index in [1.807, 2.05) is 62.9 Å². The van der Waals surface area contributed by atoms with Gasteiger partial charge in [-0.25, -0.2) is 54.3 Å². The molecule has 0 unspecified atom stereocenters. The minimum Gasteiger partial charge on any atom is -0.478 e. The summed E-state index contributed by atoms with van der Waals surface area (Å²) in [5, 5.41) is 44.0. The Morgan fingerprint density at radius 1 is 0.326 bits per heavy atom. The number of hydrogen-bond donors (Lipinski definition) is 8. The molecule has 0 radical (unpaired) electrons. The molecule has 0 aliphatic rings. The molecule has 0 atom stereocenters. The first-order chi connectivity index (χ1) is 61.6. The predicted molar refractivity (Wildman–Crippen MR) is 513 cm³/mol. The molecule has 0 aliphatic heterocycles. The van der Waals surface area contributed by atoms with Gasteiger partial charge in [0.15, 0.2) is 32.8 Å². The maximum Gasteiger partial charge on any atom is 0.335 e. The number of ether oxygens (including phenoxy) is 4. The number of nitrogens with two attached hydrogens (primary N) is 1. The minimum absolute atomic E-state index is 0.0192. The summed E-state index contributed by atoms with van der Waals surface area (Å²) >= 11 is 0. The van der Waals surface area contributed by atoms with Gasteiger partial charge in [-0.2, -0.15) is 8.42 Å². The Hall–Kier alpha value is -11.5. The van der Waals surface area contributed by atoms with Crippen molar-refractivity contribution >= 4 is 98.1 Å². The highest BCUT2D eigenvalue weighted by Gasteiger charge is 2.33. The van der Waals surface area contributed by atoms with Crippen LogP contribution in [0.4, 0.5) is 34.1 Å². The molecule has 0 saturated carbocycles. The average Bonchev–Trinajstić information content (AvgIpc) is 0.784. The van der Waals surface area contributed by atoms with E-state index < -0.39 is 64.0 Å². The number of sulfonamides is 2. The van der Waals surface area contributed by atoms with Gasteiger partial charge in [0, 0.05) is 70.8 Å². The number of carbonyl (C=O) groups is 4. The van der Waals surface area contributed by atoms with Crippen molar-refractivity contribution in [2.24, 2.45) is 5.14 Å². The zero-order chi connectivity index (χ0) is 94.7. The number of rotatable bonds is 52. The molecular formula is C96H129N9O20S4. The molecule has 0 fully saturated rings. The molecule has 702 valence electrons. The average molecular weight is 1860 g/mol. The largest absolute Gasteiger partial charge is 0.478 e. The van der Waals surface area contributed by atoms with Gasteiger partial charge in [0.05, 0.1) is 50.7 Å². The van der Waals surface area contributed by atoms with Crippen molar-refractivity contribution in [1.29, 1.82) is 0 Å². The number of nitrogens with one attached hydrogen (secondary N) is 3. The highest BCUT2D eigenvalue weighted by Crippen LogP contribution is 2.46. The van der Waals surface area contributed by atoms with Gasteiger partial charge in [-0.1, -0.05) is 198 Å². The number of sulfone groups is 1. The van der Waals surface area contributed by atoms with E-state index in [0.717, 1.165) is 122 Å². The van der Waals surface area contributed by atoms with Crippen molar-refractivity contribution in [3.8, 4) is 46.0 Å². The van der Waals surface area contributed by atoms with Gasteiger partial charge in [0.25, 0.3) is 20.2 Å². The van der Waals surface area contributed by atoms with Crippen LogP contribution in [0.3, 0.4) is 0 Å². The molecule has 0 aliphatic carbocycles. The minimum atomic E-state index is -4.18. The summed E-state index contributed by atoms with van der Waals surface area (Å²) in [4.78, 5) is 57.1. The van der Waals surface area contributed by atoms with E-state index in [4.69, 9.17) is 24.1 Å². The summed E-state index contributed by atoms with van der Waals surface area (Å²) in [5.74, 6) is -2.18. The van der Waals surface area contributed by atoms with Crippen molar-refractivity contribution in [2.45, 2.75) is 179 Å². The lowest BCUT2D eigenvalue weighted by Crippen LogP contribution is -2.30. The Morgan fingerprint density at radius 3 is 0.853 bits per heavy atom. The van der Waals surface area contributed by atoms with Crippen molar-refractivity contribution in [2.75, 3.05) is 115 Å². The molecule has 29 nitrogen and oxygen atoms in total. The molecule has 0 bridgehead atoms. The topological polar surface area (TPSA) is 401 Å². The Kier molecular flexibility index (Phi) is 44.6. The molecule has 9 aromatic rings. The van der Waals surface area contributed by atoms with Gasteiger partial charge in [-0.15, -0.1) is 0 Å². The van der Waals surface area contributed by atoms with E-state index in [1.165, 1.54) is 42.5 Å². The number of carboxylic acid groups (broad SMARTS) is 4. The van der Waals surface area contributed by atoms with Crippen molar-refractivity contribution in [1.82, 2.24) is 9.62 Å². The lowest BCUT2D eigenvalue weighted by Gasteiger charge is -2.28. The number of unbranched alkanes of at least 4 members (excludes halogenated alkanes) is 8. The zero-order valence-corrected chi connectivity index (χ0v) is 79.2. The van der Waals surface area contributed by atoms with Crippen LogP contribution in [0, 0.1) is 0 Å². The fourth-order valence-corrected chi connectivity index (χ4v) is 16.9. The third kappa shape index (κ3) is 35.2. The van der Waals surface area contributed by atoms with E-state index in [0.29, 0.717) is 110 Å². The molecule has 9 N–H and O–H groups in total. The van der Waals surface area contributed by atoms with Gasteiger partial charge in [0.2, 0.25) is 10.0 Å². The summed E-state index contributed by atoms with van der Waals surface area (Å²) in [6.07, 6.45) is 16.4. The third-order valence-corrected chi connectivity index (χ3v) is 24.4. The smallest absolute Gasteiger partial charge is 0.335 e. The van der Waals surface area contributed by atoms with Gasteiger partial charge in [-0.05, 0) is 188 Å². The van der Waals surface area contributed by atoms with E-state index in [9.17, 15) is 73.3 Å². The molecule has 0 heterocycles. The predicted octanol–water partition coefficient (Wildman–Crippen LogP) is 20.4. The summed E-state index contributed by atoms with van der Waals surface area (Å²) in [6.45, 7) is 22.9. The Labute approximate surface area is 762 Å². The Bertz CT molecular complexity index is 5450. The lowest BCUT2D eigenvalue weighted by molar-refractivity contribution is 0.0685. The summed E-state index contributed by atoms with van der Waals surface area (Å²) in [6, 6.07) is 54.9. The Balaban J connectivity index is 0.000000266. The molecule has 9 aromatic carbocycles. The standard InChI is InChI=1S/C27H32N2O5S.C26H39N3O5S.C22H29NO5S.C21H29N3O5S/c1-3-5-17-29(18-6-4-2)24-19-21(27(30)31)20-25(26(24)34-23-15-11-8-12-16-23)35(32,33)28-22-13-9-7-10-14-22;1-5-7-17-29(18-8-6-2)23-19-21(26(30)31)20-24(25(23)34-22-13-10-9-11-14-22)35(32,33)27-15-12-16-28(3)4;1-4-6-13-23(14-7-5-2)19-15-17(22(24)25)16-20(29(3,26)27)21(19)28-18-11-9-8-10-12-18;1-3-5-12-24(13-6-4-2)19-15-16(21(25)26)14-18(23-30(22,27)28)20(19)29-17-10-8-7-9-11-17/h7-16,19-20,28H,3-6,17-18H2,1-2H3,(H,30,31);9-11,13-14,19-20,27H,5-8,12,15-18H2,1-4H3,(H,30,31);8-12,15-16H,4-7,13-14H2,1-3H3,(H,24,25);7-11,14-15,23H,3-6,12-13H2,1-2H3,(H,25,26)(H2,22,27,28). The first kappa shape index (κ1) is 106. The number of nitrogens with zero attached hydrogens (tertiary/aromatic N) is 5. The van der Waals surface area contributed by atoms with E-state index in [2.05, 4.69) is 69.6 Å². The third-order valence-electron chi connectivity index (χ3n) is 20.0. The van der Waals surface area contributed by atoms with E-state index in [1.54, 1.807) is 127 Å². The maximum absolute atomic E-state index is 13.6. The number of aromatic carboxylic acids is 4. The fraction of sp³-hybridized carbons (Fsp3) is 0.396. The summed E-state index contributed by atoms with van der Waals surface area (Å²) < 4.78 is 135. The molecule has 0 spiro atoms. The molecule has 33 heteroatoms. The quantitative estimate of drug-likeness (QED) is 0.0164. The number of para-hydroxylation sites is 5. The van der Waals surface area contributed by atoms with Crippen LogP contribution >= 0.6 is 0 Å². The second kappa shape index (κ2) is 54.1. The highest BCUT2D eigenvalue weighted by atomic mass is 32.2. The molecule has 0 aromatic heterocycles. The summed E-state index contributed by atoms with van der Waals surface area (Å²) in [7, 11) is -12.3. The molecule has 0 amide bonds. The van der Waals surface area contributed by atoms with Crippen molar-refractivity contribution in [3.63, 3.8) is 0 Å². The number of benzene rings is 9. The SMILES string of the molecule is CCCCN(CCCC)c1cc(C(=O)O)cc(NS(N)(=O)=O)c1Oc1ccccc1.CCCCN(CCCC)c1cc(C(=O)O)cc(S(=O)(=O)NCCCN(C)C)c1Oc1ccccc1.CCCCN(CCCC)c1cc(C(=O)O)cc(S(=O)(=O)Nc2ccccc2)c1Oc1ccccc1.CCCCN(CCCC)c1cc(C(=O)O)cc(S(C)(=O)=O)c1Oc1ccccc1. The van der Waals surface area contributed by atoms with Crippen LogP contribution in [0.2, 0.25) is 0 Å². The monoisotopic (exact) mass is 1860 g/mol. The van der Waals surface area contributed by atoms with Crippen molar-refractivity contribution in [3.05, 3.63) is 222 Å². The van der Waals surface area contributed by atoms with Crippen LogP contribution in [0.15, 0.2) is 215 Å².